The molecule has 0 aliphatic carbocycles. The summed E-state index contributed by atoms with van der Waals surface area (Å²) in [5.41, 5.74) is 0.880. The SMILES string of the molecule is O=C(O)c1ccccc1COc1cncc(Br)c1. The van der Waals surface area contributed by atoms with Crippen molar-refractivity contribution in [3.63, 3.8) is 0 Å². The van der Waals surface area contributed by atoms with Gasteiger partial charge in [-0.05, 0) is 28.1 Å². The smallest absolute Gasteiger partial charge is 0.336 e. The van der Waals surface area contributed by atoms with Crippen molar-refractivity contribution in [3.8, 4) is 5.75 Å². The van der Waals surface area contributed by atoms with E-state index in [0.29, 0.717) is 11.3 Å². The van der Waals surface area contributed by atoms with E-state index in [0.717, 1.165) is 4.47 Å². The summed E-state index contributed by atoms with van der Waals surface area (Å²) >= 11 is 3.29. The molecule has 0 amide bonds. The summed E-state index contributed by atoms with van der Waals surface area (Å²) in [5.74, 6) is -0.369. The Labute approximate surface area is 112 Å². The molecule has 0 fully saturated rings. The van der Waals surface area contributed by atoms with Gasteiger partial charge in [-0.3, -0.25) is 4.98 Å². The lowest BCUT2D eigenvalue weighted by Gasteiger charge is -2.08. The molecule has 0 bridgehead atoms. The topological polar surface area (TPSA) is 59.4 Å². The van der Waals surface area contributed by atoms with Gasteiger partial charge in [-0.25, -0.2) is 4.79 Å². The number of nitrogens with zero attached hydrogens (tertiary/aromatic N) is 1. The van der Waals surface area contributed by atoms with E-state index in [1.54, 1.807) is 42.7 Å². The normalized spacial score (nSPS) is 10.1. The van der Waals surface area contributed by atoms with Crippen LogP contribution in [0.2, 0.25) is 0 Å². The first kappa shape index (κ1) is 12.6. The second-order valence-electron chi connectivity index (χ2n) is 3.59. The molecular formula is C13H10BrNO3. The largest absolute Gasteiger partial charge is 0.487 e. The fraction of sp³-hybridized carbons (Fsp3) is 0.0769. The second kappa shape index (κ2) is 5.64. The third-order valence-corrected chi connectivity index (χ3v) is 2.76. The van der Waals surface area contributed by atoms with Crippen LogP contribution in [0, 0.1) is 0 Å². The van der Waals surface area contributed by atoms with Crippen LogP contribution in [-0.2, 0) is 6.61 Å². The van der Waals surface area contributed by atoms with Crippen LogP contribution in [-0.4, -0.2) is 16.1 Å². The van der Waals surface area contributed by atoms with E-state index in [9.17, 15) is 4.79 Å². The fourth-order valence-electron chi connectivity index (χ4n) is 1.49. The first-order valence-corrected chi connectivity index (χ1v) is 6.00. The van der Waals surface area contributed by atoms with Crippen LogP contribution in [0.15, 0.2) is 47.2 Å². The van der Waals surface area contributed by atoms with Crippen molar-refractivity contribution in [2.75, 3.05) is 0 Å². The molecule has 5 heteroatoms. The van der Waals surface area contributed by atoms with Gasteiger partial charge < -0.3 is 9.84 Å². The molecule has 0 saturated heterocycles. The van der Waals surface area contributed by atoms with Gasteiger partial charge in [0, 0.05) is 16.2 Å². The highest BCUT2D eigenvalue weighted by Gasteiger charge is 2.09. The molecule has 0 saturated carbocycles. The number of aromatic carboxylic acids is 1. The first-order valence-electron chi connectivity index (χ1n) is 5.21. The predicted octanol–water partition coefficient (Wildman–Crippen LogP) is 3.12. The number of pyridine rings is 1. The average molecular weight is 308 g/mol. The van der Waals surface area contributed by atoms with Gasteiger partial charge in [0.1, 0.15) is 12.4 Å². The van der Waals surface area contributed by atoms with Gasteiger partial charge in [0.2, 0.25) is 0 Å². The Morgan fingerprint density at radius 3 is 2.83 bits per heavy atom. The van der Waals surface area contributed by atoms with Crippen LogP contribution in [0.1, 0.15) is 15.9 Å². The Balaban J connectivity index is 2.13. The molecule has 1 aromatic heterocycles. The molecule has 1 heterocycles. The van der Waals surface area contributed by atoms with Gasteiger partial charge in [0.05, 0.1) is 11.8 Å². The van der Waals surface area contributed by atoms with Crippen LogP contribution in [0.5, 0.6) is 5.75 Å². The Morgan fingerprint density at radius 1 is 1.33 bits per heavy atom. The Bertz CT molecular complexity index is 572. The van der Waals surface area contributed by atoms with Gasteiger partial charge in [-0.15, -0.1) is 0 Å². The zero-order chi connectivity index (χ0) is 13.0. The number of carbonyl (C=O) groups is 1. The van der Waals surface area contributed by atoms with Crippen LogP contribution in [0.25, 0.3) is 0 Å². The molecular weight excluding hydrogens is 298 g/mol. The molecule has 1 aromatic carbocycles. The van der Waals surface area contributed by atoms with E-state index in [1.807, 2.05) is 0 Å². The Kier molecular flexibility index (Phi) is 3.94. The van der Waals surface area contributed by atoms with Gasteiger partial charge in [0.15, 0.2) is 0 Å². The molecule has 0 aliphatic heterocycles. The van der Waals surface area contributed by atoms with Crippen molar-refractivity contribution in [1.82, 2.24) is 4.98 Å². The number of rotatable bonds is 4. The average Bonchev–Trinajstić information content (AvgIpc) is 2.37. The molecule has 0 radical (unpaired) electrons. The molecule has 18 heavy (non-hydrogen) atoms. The molecule has 4 nitrogen and oxygen atoms in total. The lowest BCUT2D eigenvalue weighted by Crippen LogP contribution is -2.05. The second-order valence-corrected chi connectivity index (χ2v) is 4.51. The van der Waals surface area contributed by atoms with Crippen molar-refractivity contribution < 1.29 is 14.6 Å². The van der Waals surface area contributed by atoms with Gasteiger partial charge in [-0.2, -0.15) is 0 Å². The standard InChI is InChI=1S/C13H10BrNO3/c14-10-5-11(7-15-6-10)18-8-9-3-1-2-4-12(9)13(16)17/h1-7H,8H2,(H,16,17). The summed E-state index contributed by atoms with van der Waals surface area (Å²) in [4.78, 5) is 15.0. The first-order chi connectivity index (χ1) is 8.66. The van der Waals surface area contributed by atoms with Crippen molar-refractivity contribution in [1.29, 1.82) is 0 Å². The summed E-state index contributed by atoms with van der Waals surface area (Å²) in [6.45, 7) is 0.195. The summed E-state index contributed by atoms with van der Waals surface area (Å²) in [6.07, 6.45) is 3.23. The number of carboxylic acids is 1. The van der Waals surface area contributed by atoms with E-state index in [-0.39, 0.29) is 12.2 Å². The highest BCUT2D eigenvalue weighted by atomic mass is 79.9. The molecule has 1 N–H and O–H groups in total. The highest BCUT2D eigenvalue weighted by Crippen LogP contribution is 2.18. The zero-order valence-electron chi connectivity index (χ0n) is 9.34. The third kappa shape index (κ3) is 3.07. The van der Waals surface area contributed by atoms with E-state index in [1.165, 1.54) is 0 Å². The maximum atomic E-state index is 11.0. The van der Waals surface area contributed by atoms with E-state index >= 15 is 0 Å². The minimum Gasteiger partial charge on any atom is -0.487 e. The maximum absolute atomic E-state index is 11.0. The molecule has 0 atom stereocenters. The third-order valence-electron chi connectivity index (χ3n) is 2.32. The lowest BCUT2D eigenvalue weighted by molar-refractivity contribution is 0.0694. The molecule has 2 aromatic rings. The van der Waals surface area contributed by atoms with Gasteiger partial charge in [-0.1, -0.05) is 18.2 Å². The zero-order valence-corrected chi connectivity index (χ0v) is 10.9. The number of hydrogen-bond acceptors (Lipinski definition) is 3. The van der Waals surface area contributed by atoms with Crippen LogP contribution in [0.4, 0.5) is 0 Å². The maximum Gasteiger partial charge on any atom is 0.336 e. The van der Waals surface area contributed by atoms with Crippen molar-refractivity contribution in [2.24, 2.45) is 0 Å². The van der Waals surface area contributed by atoms with E-state index < -0.39 is 5.97 Å². The number of carboxylic acid groups (broad SMARTS) is 1. The van der Waals surface area contributed by atoms with E-state index in [4.69, 9.17) is 9.84 Å². The molecule has 2 rings (SSSR count). The monoisotopic (exact) mass is 307 g/mol. The minimum atomic E-state index is -0.957. The minimum absolute atomic E-state index is 0.195. The van der Waals surface area contributed by atoms with Crippen LogP contribution >= 0.6 is 15.9 Å². The molecule has 92 valence electrons. The number of aromatic nitrogens is 1. The molecule has 0 aliphatic rings. The van der Waals surface area contributed by atoms with Crippen LogP contribution in [0.3, 0.4) is 0 Å². The molecule has 0 unspecified atom stereocenters. The van der Waals surface area contributed by atoms with Crippen molar-refractivity contribution in [3.05, 3.63) is 58.3 Å². The fourth-order valence-corrected chi connectivity index (χ4v) is 1.83. The van der Waals surface area contributed by atoms with Gasteiger partial charge >= 0.3 is 5.97 Å². The van der Waals surface area contributed by atoms with Gasteiger partial charge in [0.25, 0.3) is 0 Å². The summed E-state index contributed by atoms with van der Waals surface area (Å²) in [5, 5.41) is 9.03. The highest BCUT2D eigenvalue weighted by molar-refractivity contribution is 9.10. The summed E-state index contributed by atoms with van der Waals surface area (Å²) in [7, 11) is 0. The summed E-state index contributed by atoms with van der Waals surface area (Å²) in [6, 6.07) is 8.53. The summed E-state index contributed by atoms with van der Waals surface area (Å²) < 4.78 is 6.32. The number of benzene rings is 1. The van der Waals surface area contributed by atoms with Crippen LogP contribution < -0.4 is 4.74 Å². The Hall–Kier alpha value is -1.88. The van der Waals surface area contributed by atoms with Crippen molar-refractivity contribution >= 4 is 21.9 Å². The quantitative estimate of drug-likeness (QED) is 0.943. The van der Waals surface area contributed by atoms with Crippen molar-refractivity contribution in [2.45, 2.75) is 6.61 Å². The lowest BCUT2D eigenvalue weighted by atomic mass is 10.1. The predicted molar refractivity (Wildman–Crippen MR) is 69.7 cm³/mol. The molecule has 0 spiro atoms. The Morgan fingerprint density at radius 2 is 2.11 bits per heavy atom. The number of ether oxygens (including phenoxy) is 1. The number of hydrogen-bond donors (Lipinski definition) is 1. The number of halogens is 1. The van der Waals surface area contributed by atoms with E-state index in [2.05, 4.69) is 20.9 Å².